The van der Waals surface area contributed by atoms with Crippen LogP contribution in [0.3, 0.4) is 0 Å². The summed E-state index contributed by atoms with van der Waals surface area (Å²) in [6.45, 7) is 20.7. The van der Waals surface area contributed by atoms with Crippen LogP contribution in [0, 0.1) is 41.4 Å². The average Bonchev–Trinajstić information content (AvgIpc) is 0.868. The highest BCUT2D eigenvalue weighted by molar-refractivity contribution is 5.83. The number of carbonyl (C=O) groups is 2. The van der Waals surface area contributed by atoms with Gasteiger partial charge in [-0.2, -0.15) is 0 Å². The van der Waals surface area contributed by atoms with Crippen molar-refractivity contribution in [1.82, 2.24) is 0 Å². The fourth-order valence-electron chi connectivity index (χ4n) is 15.1. The molecule has 0 aromatic rings. The lowest BCUT2D eigenvalue weighted by atomic mass is 9.78. The smallest absolute Gasteiger partial charge is 0.331 e. The normalized spacial score (nSPS) is 40.6. The minimum absolute atomic E-state index is 0.0266. The van der Waals surface area contributed by atoms with Crippen LogP contribution >= 0.6 is 0 Å². The molecular formula is C77H130O20. The molecule has 2 saturated heterocycles. The molecule has 20 heteroatoms. The summed E-state index contributed by atoms with van der Waals surface area (Å²) in [5.74, 6) is -5.01. The summed E-state index contributed by atoms with van der Waals surface area (Å²) in [5, 5.41) is 93.9. The first-order valence-electron chi connectivity index (χ1n) is 36.6. The Morgan fingerprint density at radius 3 is 1.28 bits per heavy atom. The highest BCUT2D eigenvalue weighted by Gasteiger charge is 2.42. The molecule has 2 fully saturated rings. The summed E-state index contributed by atoms with van der Waals surface area (Å²) >= 11 is 0. The van der Waals surface area contributed by atoms with Gasteiger partial charge in [-0.05, 0) is 136 Å². The number of aliphatic hydroxyl groups is 8. The minimum Gasteiger partial charge on any atom is -0.458 e. The Morgan fingerprint density at radius 2 is 0.856 bits per heavy atom. The number of hydrogen-bond donors (Lipinski definition) is 8. The van der Waals surface area contributed by atoms with Crippen LogP contribution < -0.4 is 0 Å². The van der Waals surface area contributed by atoms with Gasteiger partial charge in [0.15, 0.2) is 0 Å². The van der Waals surface area contributed by atoms with Gasteiger partial charge in [0.25, 0.3) is 0 Å². The highest BCUT2D eigenvalue weighted by Crippen LogP contribution is 2.36. The Labute approximate surface area is 581 Å². The Balaban J connectivity index is 1.35. The van der Waals surface area contributed by atoms with Crippen LogP contribution in [-0.2, 0) is 57.0 Å². The van der Waals surface area contributed by atoms with Crippen molar-refractivity contribution < 1.29 is 97.8 Å². The van der Waals surface area contributed by atoms with Crippen molar-refractivity contribution in [2.45, 2.75) is 332 Å². The van der Waals surface area contributed by atoms with E-state index >= 15 is 0 Å². The lowest BCUT2D eigenvalue weighted by Gasteiger charge is -2.38. The molecular weight excluding hydrogens is 1240 g/mol. The van der Waals surface area contributed by atoms with Crippen LogP contribution in [0.5, 0.6) is 0 Å². The van der Waals surface area contributed by atoms with Crippen LogP contribution in [0.25, 0.3) is 0 Å². The fourth-order valence-corrected chi connectivity index (χ4v) is 15.1. The summed E-state index contributed by atoms with van der Waals surface area (Å²) in [6, 6.07) is 0. The number of cyclic esters (lactones) is 2. The zero-order valence-corrected chi connectivity index (χ0v) is 61.4. The van der Waals surface area contributed by atoms with Crippen LogP contribution in [0.2, 0.25) is 0 Å². The predicted octanol–water partition coefficient (Wildman–Crippen LogP) is 9.86. The van der Waals surface area contributed by atoms with Gasteiger partial charge in [0.2, 0.25) is 0 Å². The zero-order chi connectivity index (χ0) is 71.6. The van der Waals surface area contributed by atoms with Crippen molar-refractivity contribution in [3.05, 3.63) is 71.9 Å². The van der Waals surface area contributed by atoms with Gasteiger partial charge >= 0.3 is 11.9 Å². The number of allylic oxidation sites excluding steroid dienone is 4. The molecule has 5 aliphatic heterocycles. The first-order chi connectivity index (χ1) is 46.0. The van der Waals surface area contributed by atoms with Gasteiger partial charge in [0.05, 0.1) is 122 Å². The molecule has 97 heavy (non-hydrogen) atoms. The van der Waals surface area contributed by atoms with Crippen molar-refractivity contribution >= 4 is 11.9 Å². The van der Waals surface area contributed by atoms with E-state index in [-0.39, 0.29) is 98.9 Å². The van der Waals surface area contributed by atoms with Crippen molar-refractivity contribution in [1.29, 1.82) is 0 Å². The molecule has 0 radical (unpaired) electrons. The van der Waals surface area contributed by atoms with E-state index in [9.17, 15) is 50.4 Å². The predicted molar refractivity (Wildman–Crippen MR) is 373 cm³/mol. The number of fused-ring (bicyclic) bond motifs is 4. The van der Waals surface area contributed by atoms with Gasteiger partial charge in [-0.15, -0.1) is 0 Å². The molecule has 0 saturated carbocycles. The molecule has 29 atom stereocenters. The first-order valence-corrected chi connectivity index (χ1v) is 36.6. The monoisotopic (exact) mass is 1370 g/mol. The largest absolute Gasteiger partial charge is 0.458 e. The summed E-state index contributed by atoms with van der Waals surface area (Å²) in [5.41, 5.74) is 1.39. The molecule has 0 aromatic carbocycles. The van der Waals surface area contributed by atoms with E-state index < -0.39 is 121 Å². The molecule has 4 bridgehead atoms. The molecule has 5 heterocycles. The standard InChI is InChI=1S/C77H130O20/c1-45-22-28-56(78)36-59-18-16-20-61(94-59)40-67(90-14)38-58(80)39-68(81)52(8)76(54(10)74(86)47(3)26-30-63-41-65(88-12)34-49(5)92-63)96-72(84)32-24-46(2)23-29-57(79)37-60-19-17-21-62(95-60)43-71(91-15)51(7)69(82)44-70(83)53(9)77(97-73(85)33-25-45)55(11)75(87)48(4)27-31-64-42-66(89-13)35-50(6)93-64/h16-17,20-25,32-33,47-71,74-83,86-87H,18-19,26-31,34-44H2,1-15H3/b32-24-,33-25-,45-22+,46-23+/t47-,48+,49+,50+,51-,52+,53-,54+,55+,56+,57+,58-,59-,60+,61+,62+,63+,64+,65-,66-,67+,68+,69+,70-,71+,74-,75+,76+,77+/m1/s1. The molecule has 0 aliphatic carbocycles. The fraction of sp³-hybridized carbons (Fsp3) is 0.818. The number of rotatable bonds is 16. The number of aliphatic hydroxyl groups excluding tert-OH is 8. The minimum atomic E-state index is -1.17. The van der Waals surface area contributed by atoms with E-state index in [1.165, 1.54) is 12.2 Å². The second-order valence-corrected chi connectivity index (χ2v) is 29.9. The quantitative estimate of drug-likeness (QED) is 0.0527. The molecule has 0 amide bonds. The van der Waals surface area contributed by atoms with E-state index in [2.05, 4.69) is 0 Å². The molecule has 0 aromatic heterocycles. The van der Waals surface area contributed by atoms with Crippen LogP contribution in [0.1, 0.15) is 198 Å². The number of hydrogen-bond acceptors (Lipinski definition) is 20. The summed E-state index contributed by atoms with van der Waals surface area (Å²) in [7, 11) is 6.56. The summed E-state index contributed by atoms with van der Waals surface area (Å²) < 4.78 is 61.1. The number of carbonyl (C=O) groups excluding carboxylic acids is 2. The average molecular weight is 1380 g/mol. The second-order valence-electron chi connectivity index (χ2n) is 29.9. The Bertz CT molecular complexity index is 2450. The van der Waals surface area contributed by atoms with Gasteiger partial charge in [-0.3, -0.25) is 0 Å². The lowest BCUT2D eigenvalue weighted by Crippen LogP contribution is -2.45. The van der Waals surface area contributed by atoms with Crippen LogP contribution in [0.4, 0.5) is 0 Å². The van der Waals surface area contributed by atoms with E-state index in [0.717, 1.165) is 25.7 Å². The third-order valence-corrected chi connectivity index (χ3v) is 21.7. The summed E-state index contributed by atoms with van der Waals surface area (Å²) in [4.78, 5) is 27.7. The third kappa shape index (κ3) is 28.8. The molecule has 20 nitrogen and oxygen atoms in total. The van der Waals surface area contributed by atoms with Crippen LogP contribution in [0.15, 0.2) is 71.9 Å². The van der Waals surface area contributed by atoms with Crippen molar-refractivity contribution in [3.63, 3.8) is 0 Å². The van der Waals surface area contributed by atoms with E-state index in [1.807, 2.05) is 98.8 Å². The van der Waals surface area contributed by atoms with Crippen LogP contribution in [-0.4, -0.2) is 216 Å². The molecule has 0 unspecified atom stereocenters. The zero-order valence-electron chi connectivity index (χ0n) is 61.4. The van der Waals surface area contributed by atoms with Gasteiger partial charge in [0.1, 0.15) is 12.2 Å². The highest BCUT2D eigenvalue weighted by atomic mass is 16.6. The number of methoxy groups -OCH3 is 4. The maximum atomic E-state index is 13.9. The molecule has 558 valence electrons. The maximum absolute atomic E-state index is 13.9. The van der Waals surface area contributed by atoms with Gasteiger partial charge < -0.3 is 88.2 Å². The Morgan fingerprint density at radius 1 is 0.454 bits per heavy atom. The van der Waals surface area contributed by atoms with Crippen molar-refractivity contribution in [3.8, 4) is 0 Å². The lowest BCUT2D eigenvalue weighted by molar-refractivity contribution is -0.158. The second kappa shape index (κ2) is 43.0. The number of esters is 2. The topological polar surface area (TPSA) is 288 Å². The summed E-state index contributed by atoms with van der Waals surface area (Å²) in [6.07, 6.45) is 14.5. The van der Waals surface area contributed by atoms with Crippen molar-refractivity contribution in [2.75, 3.05) is 28.4 Å². The van der Waals surface area contributed by atoms with Gasteiger partial charge in [0, 0.05) is 95.9 Å². The number of ether oxygens (including phenoxy) is 10. The molecule has 8 N–H and O–H groups in total. The molecule has 5 rings (SSSR count). The third-order valence-electron chi connectivity index (χ3n) is 21.7. The van der Waals surface area contributed by atoms with E-state index in [1.54, 1.807) is 54.4 Å². The SMILES string of the molecule is CO[C@H]1C[C@H](CC[C@@H](C)[C@@H](O)[C@H](C)[C@H]2OC(=O)/C=C\C(C)=C\C[C@H](O)C[C@@H]3CC=C[C@@H](C[C@H](OC)[C@H](C)[C@@H](O)C[C@@H](O)[C@@H](C)[C@@H]([C@@H](C)[C@@H](O)[C@@H](C)CC[C@H]4C[C@H](OC)C[C@H](C)O4)OC(=O)/C=C\C(C)=C\C[C@H](O)C[C@H]4CC=C[C@@H](C[C@@H](OC)C[C@@H](O)C[C@H](O)[C@@H]2C)O4)O3)O[C@@H](C)C1. The molecule has 0 spiro atoms. The van der Waals surface area contributed by atoms with Crippen molar-refractivity contribution in [2.24, 2.45) is 41.4 Å². The first kappa shape index (κ1) is 84.4. The van der Waals surface area contributed by atoms with Gasteiger partial charge in [-0.1, -0.05) is 108 Å². The Hall–Kier alpha value is -3.26. The maximum Gasteiger partial charge on any atom is 0.331 e. The van der Waals surface area contributed by atoms with E-state index in [0.29, 0.717) is 75.4 Å². The van der Waals surface area contributed by atoms with E-state index in [4.69, 9.17) is 47.4 Å². The Kier molecular flexibility index (Phi) is 37.4. The molecule has 5 aliphatic rings. The van der Waals surface area contributed by atoms with Gasteiger partial charge in [-0.25, -0.2) is 9.59 Å².